The van der Waals surface area contributed by atoms with E-state index in [1.165, 1.54) is 0 Å². The zero-order valence-electron chi connectivity index (χ0n) is 10.8. The number of rotatable bonds is 6. The van der Waals surface area contributed by atoms with Crippen molar-refractivity contribution in [2.24, 2.45) is 0 Å². The van der Waals surface area contributed by atoms with E-state index in [2.05, 4.69) is 31.1 Å². The van der Waals surface area contributed by atoms with Crippen LogP contribution in [-0.4, -0.2) is 55.7 Å². The molecule has 0 bridgehead atoms. The number of halogens is 1. The Bertz CT molecular complexity index is 189. The first-order chi connectivity index (χ1) is 7.65. The first-order valence-corrected chi connectivity index (χ1v) is 6.80. The van der Waals surface area contributed by atoms with Gasteiger partial charge in [-0.2, -0.15) is 0 Å². The van der Waals surface area contributed by atoms with Gasteiger partial charge < -0.3 is 15.0 Å². The lowest BCUT2D eigenvalue weighted by Gasteiger charge is -2.35. The van der Waals surface area contributed by atoms with Crippen LogP contribution in [0.1, 0.15) is 26.7 Å². The molecule has 1 atom stereocenters. The van der Waals surface area contributed by atoms with Crippen LogP contribution in [0.3, 0.4) is 0 Å². The fraction of sp³-hybridized carbons (Fsp3) is 1.00. The zero-order valence-corrected chi connectivity index (χ0v) is 11.5. The summed E-state index contributed by atoms with van der Waals surface area (Å²) in [5.41, 5.74) is 0.0843. The number of likely N-dealkylation sites (N-methyl/N-ethyl adjacent to an activating group) is 1. The molecule has 0 saturated carbocycles. The predicted molar refractivity (Wildman–Crippen MR) is 69.3 cm³/mol. The molecule has 0 aromatic carbocycles. The third-order valence-electron chi connectivity index (χ3n) is 3.66. The summed E-state index contributed by atoms with van der Waals surface area (Å²) in [5, 5.41) is 3.59. The fourth-order valence-corrected chi connectivity index (χ4v) is 2.53. The van der Waals surface area contributed by atoms with Crippen molar-refractivity contribution in [1.29, 1.82) is 0 Å². The molecule has 96 valence electrons. The highest BCUT2D eigenvalue weighted by Crippen LogP contribution is 2.17. The molecular weight excluding hydrogens is 224 g/mol. The standard InChI is InChI=1S/C12H25ClN2O/c1-4-12(5-2,10-13)14-8-11-9-15(3)6-7-16-11/h11,14H,4-10H2,1-3H3. The molecule has 0 aromatic heterocycles. The zero-order chi connectivity index (χ0) is 12.0. The topological polar surface area (TPSA) is 24.5 Å². The molecular formula is C12H25ClN2O. The number of nitrogens with zero attached hydrogens (tertiary/aromatic N) is 1. The second-order valence-electron chi connectivity index (χ2n) is 4.76. The van der Waals surface area contributed by atoms with Crippen LogP contribution in [0.25, 0.3) is 0 Å². The normalized spacial score (nSPS) is 23.6. The monoisotopic (exact) mass is 248 g/mol. The number of ether oxygens (including phenoxy) is 1. The summed E-state index contributed by atoms with van der Waals surface area (Å²) in [6, 6.07) is 0. The van der Waals surface area contributed by atoms with Crippen LogP contribution in [0.2, 0.25) is 0 Å². The van der Waals surface area contributed by atoms with Gasteiger partial charge in [-0.25, -0.2) is 0 Å². The molecule has 1 aliphatic heterocycles. The van der Waals surface area contributed by atoms with Gasteiger partial charge in [0.15, 0.2) is 0 Å². The number of nitrogens with one attached hydrogen (secondary N) is 1. The number of hydrogen-bond acceptors (Lipinski definition) is 3. The van der Waals surface area contributed by atoms with Crippen molar-refractivity contribution in [2.45, 2.75) is 38.3 Å². The summed E-state index contributed by atoms with van der Waals surface area (Å²) in [6.45, 7) is 8.17. The maximum atomic E-state index is 6.06. The van der Waals surface area contributed by atoms with Gasteiger partial charge in [0, 0.05) is 31.1 Å². The largest absolute Gasteiger partial charge is 0.374 e. The Labute approximate surface area is 104 Å². The molecule has 1 unspecified atom stereocenters. The summed E-state index contributed by atoms with van der Waals surface area (Å²) < 4.78 is 5.73. The molecule has 16 heavy (non-hydrogen) atoms. The summed E-state index contributed by atoms with van der Waals surface area (Å²) in [7, 11) is 2.14. The third kappa shape index (κ3) is 3.88. The number of morpholine rings is 1. The van der Waals surface area contributed by atoms with Crippen LogP contribution in [0.4, 0.5) is 0 Å². The second kappa shape index (κ2) is 6.80. The molecule has 1 rings (SSSR count). The van der Waals surface area contributed by atoms with Gasteiger partial charge in [-0.15, -0.1) is 11.6 Å². The van der Waals surface area contributed by atoms with E-state index in [9.17, 15) is 0 Å². The Balaban J connectivity index is 2.36. The average Bonchev–Trinajstić information content (AvgIpc) is 2.32. The van der Waals surface area contributed by atoms with Crippen molar-refractivity contribution in [2.75, 3.05) is 39.2 Å². The van der Waals surface area contributed by atoms with Crippen LogP contribution < -0.4 is 5.32 Å². The van der Waals surface area contributed by atoms with Crippen LogP contribution >= 0.6 is 11.6 Å². The number of hydrogen-bond donors (Lipinski definition) is 1. The summed E-state index contributed by atoms with van der Waals surface area (Å²) in [6.07, 6.45) is 2.44. The molecule has 1 fully saturated rings. The SMILES string of the molecule is CCC(CC)(CCl)NCC1CN(C)CCO1. The minimum absolute atomic E-state index is 0.0843. The molecule has 3 nitrogen and oxygen atoms in total. The maximum absolute atomic E-state index is 6.06. The molecule has 0 aromatic rings. The highest BCUT2D eigenvalue weighted by Gasteiger charge is 2.26. The molecule has 1 saturated heterocycles. The summed E-state index contributed by atoms with van der Waals surface area (Å²) >= 11 is 6.06. The molecule has 0 aliphatic carbocycles. The van der Waals surface area contributed by atoms with E-state index >= 15 is 0 Å². The van der Waals surface area contributed by atoms with E-state index in [1.54, 1.807) is 0 Å². The Morgan fingerprint density at radius 3 is 2.62 bits per heavy atom. The highest BCUT2D eigenvalue weighted by atomic mass is 35.5. The summed E-state index contributed by atoms with van der Waals surface area (Å²) in [5.74, 6) is 0.669. The Morgan fingerprint density at radius 2 is 2.12 bits per heavy atom. The first kappa shape index (κ1) is 14.2. The Hall–Kier alpha value is 0.170. The van der Waals surface area contributed by atoms with Crippen LogP contribution in [0.15, 0.2) is 0 Å². The van der Waals surface area contributed by atoms with E-state index < -0.39 is 0 Å². The Morgan fingerprint density at radius 1 is 1.44 bits per heavy atom. The van der Waals surface area contributed by atoms with Gasteiger partial charge in [0.25, 0.3) is 0 Å². The van der Waals surface area contributed by atoms with Gasteiger partial charge in [0.1, 0.15) is 0 Å². The summed E-state index contributed by atoms with van der Waals surface area (Å²) in [4.78, 5) is 2.32. The maximum Gasteiger partial charge on any atom is 0.0826 e. The van der Waals surface area contributed by atoms with E-state index in [0.29, 0.717) is 12.0 Å². The quantitative estimate of drug-likeness (QED) is 0.725. The molecule has 0 amide bonds. The lowest BCUT2D eigenvalue weighted by Crippen LogP contribution is -2.52. The van der Waals surface area contributed by atoms with Crippen molar-refractivity contribution in [3.8, 4) is 0 Å². The molecule has 0 spiro atoms. The van der Waals surface area contributed by atoms with Gasteiger partial charge in [0.05, 0.1) is 12.7 Å². The number of alkyl halides is 1. The van der Waals surface area contributed by atoms with Crippen LogP contribution in [0.5, 0.6) is 0 Å². The van der Waals surface area contributed by atoms with E-state index in [-0.39, 0.29) is 5.54 Å². The van der Waals surface area contributed by atoms with Crippen molar-refractivity contribution in [3.63, 3.8) is 0 Å². The first-order valence-electron chi connectivity index (χ1n) is 6.27. The lowest BCUT2D eigenvalue weighted by atomic mass is 9.95. The van der Waals surface area contributed by atoms with Crippen LogP contribution in [0, 0.1) is 0 Å². The lowest BCUT2D eigenvalue weighted by molar-refractivity contribution is -0.0215. The molecule has 1 N–H and O–H groups in total. The minimum atomic E-state index is 0.0843. The molecule has 1 heterocycles. The molecule has 1 aliphatic rings. The van der Waals surface area contributed by atoms with Crippen molar-refractivity contribution >= 4 is 11.6 Å². The van der Waals surface area contributed by atoms with Crippen molar-refractivity contribution in [3.05, 3.63) is 0 Å². The predicted octanol–water partition coefficient (Wildman–Crippen LogP) is 1.70. The minimum Gasteiger partial charge on any atom is -0.374 e. The fourth-order valence-electron chi connectivity index (χ4n) is 2.06. The van der Waals surface area contributed by atoms with E-state index in [4.69, 9.17) is 16.3 Å². The van der Waals surface area contributed by atoms with Gasteiger partial charge in [-0.1, -0.05) is 13.8 Å². The van der Waals surface area contributed by atoms with Gasteiger partial charge in [-0.05, 0) is 19.9 Å². The Kier molecular flexibility index (Phi) is 6.05. The van der Waals surface area contributed by atoms with Gasteiger partial charge in [0.2, 0.25) is 0 Å². The van der Waals surface area contributed by atoms with Gasteiger partial charge in [-0.3, -0.25) is 0 Å². The average molecular weight is 249 g/mol. The molecule has 0 radical (unpaired) electrons. The van der Waals surface area contributed by atoms with Crippen molar-refractivity contribution < 1.29 is 4.74 Å². The van der Waals surface area contributed by atoms with Crippen LogP contribution in [-0.2, 0) is 4.74 Å². The van der Waals surface area contributed by atoms with E-state index in [1.807, 2.05) is 0 Å². The smallest absolute Gasteiger partial charge is 0.0826 e. The highest BCUT2D eigenvalue weighted by molar-refractivity contribution is 6.18. The second-order valence-corrected chi connectivity index (χ2v) is 5.02. The van der Waals surface area contributed by atoms with E-state index in [0.717, 1.165) is 39.1 Å². The molecule has 4 heteroatoms. The van der Waals surface area contributed by atoms with Crippen molar-refractivity contribution in [1.82, 2.24) is 10.2 Å². The third-order valence-corrected chi connectivity index (χ3v) is 4.17. The van der Waals surface area contributed by atoms with Gasteiger partial charge >= 0.3 is 0 Å².